The van der Waals surface area contributed by atoms with Crippen molar-refractivity contribution in [1.82, 2.24) is 15.1 Å². The minimum atomic E-state index is -1.18. The first-order chi connectivity index (χ1) is 18.2. The highest BCUT2D eigenvalue weighted by Gasteiger charge is 2.29. The van der Waals surface area contributed by atoms with Crippen LogP contribution in [0.1, 0.15) is 37.8 Å². The average molecular weight is 527 g/mol. The van der Waals surface area contributed by atoms with E-state index in [1.54, 1.807) is 37.3 Å². The summed E-state index contributed by atoms with van der Waals surface area (Å²) in [5.41, 5.74) is 7.97. The maximum atomic E-state index is 12.7. The Morgan fingerprint density at radius 1 is 1.18 bits per heavy atom. The molecule has 10 nitrogen and oxygen atoms in total. The van der Waals surface area contributed by atoms with Crippen LogP contribution in [0, 0.1) is 5.41 Å². The predicted octanol–water partition coefficient (Wildman–Crippen LogP) is 2.40. The van der Waals surface area contributed by atoms with Gasteiger partial charge in [0.15, 0.2) is 6.17 Å². The van der Waals surface area contributed by atoms with Gasteiger partial charge >= 0.3 is 0 Å². The molecule has 2 aromatic carbocycles. The van der Waals surface area contributed by atoms with Crippen LogP contribution in [0.4, 0.5) is 5.69 Å². The second-order valence-electron chi connectivity index (χ2n) is 9.81. The van der Waals surface area contributed by atoms with Crippen LogP contribution in [0.2, 0.25) is 0 Å². The van der Waals surface area contributed by atoms with Crippen LogP contribution < -0.4 is 25.4 Å². The van der Waals surface area contributed by atoms with Gasteiger partial charge in [-0.3, -0.25) is 15.1 Å². The second kappa shape index (κ2) is 13.5. The topological polar surface area (TPSA) is 127 Å². The van der Waals surface area contributed by atoms with Crippen LogP contribution in [0.15, 0.2) is 36.4 Å². The number of hydrogen-bond acceptors (Lipinski definition) is 8. The third kappa shape index (κ3) is 7.15. The van der Waals surface area contributed by atoms with Crippen molar-refractivity contribution < 1.29 is 19.4 Å². The molecule has 0 radical (unpaired) electrons. The minimum absolute atomic E-state index is 0.0879. The second-order valence-corrected chi connectivity index (χ2v) is 9.81. The van der Waals surface area contributed by atoms with Gasteiger partial charge in [-0.25, -0.2) is 0 Å². The quantitative estimate of drug-likeness (QED) is 0.200. The van der Waals surface area contributed by atoms with Gasteiger partial charge in [-0.05, 0) is 55.8 Å². The van der Waals surface area contributed by atoms with Crippen LogP contribution in [0.25, 0.3) is 0 Å². The maximum Gasteiger partial charge on any atom is 0.257 e. The van der Waals surface area contributed by atoms with Gasteiger partial charge in [-0.2, -0.15) is 0 Å². The number of amidine groups is 1. The van der Waals surface area contributed by atoms with E-state index in [4.69, 9.17) is 20.6 Å². The van der Waals surface area contributed by atoms with E-state index >= 15 is 0 Å². The van der Waals surface area contributed by atoms with Crippen LogP contribution >= 0.6 is 0 Å². The molecule has 1 aliphatic heterocycles. The van der Waals surface area contributed by atoms with Gasteiger partial charge in [0.05, 0.1) is 12.7 Å². The van der Waals surface area contributed by atoms with Gasteiger partial charge in [0, 0.05) is 51.0 Å². The summed E-state index contributed by atoms with van der Waals surface area (Å²) >= 11 is 0. The van der Waals surface area contributed by atoms with Gasteiger partial charge in [0.2, 0.25) is 0 Å². The van der Waals surface area contributed by atoms with Crippen LogP contribution in [-0.4, -0.2) is 92.8 Å². The lowest BCUT2D eigenvalue weighted by atomic mass is 9.97. The summed E-state index contributed by atoms with van der Waals surface area (Å²) < 4.78 is 11.4. The summed E-state index contributed by atoms with van der Waals surface area (Å²) in [6.07, 6.45) is -1.18. The molecule has 0 spiro atoms. The molecular formula is C28H42N6O4. The van der Waals surface area contributed by atoms with E-state index in [9.17, 15) is 9.90 Å². The van der Waals surface area contributed by atoms with Crippen molar-refractivity contribution in [2.24, 2.45) is 5.73 Å². The molecule has 0 saturated carbocycles. The molecule has 0 aromatic heterocycles. The lowest BCUT2D eigenvalue weighted by Gasteiger charge is -2.32. The third-order valence-corrected chi connectivity index (χ3v) is 6.75. The third-order valence-electron chi connectivity index (χ3n) is 6.75. The first kappa shape index (κ1) is 29.2. The first-order valence-electron chi connectivity index (χ1n) is 13.1. The Hall–Kier alpha value is -3.34. The number of amides is 1. The molecule has 1 heterocycles. The molecule has 0 aliphatic carbocycles. The van der Waals surface area contributed by atoms with Crippen LogP contribution in [0.3, 0.4) is 0 Å². The molecule has 208 valence electrons. The van der Waals surface area contributed by atoms with E-state index in [0.717, 1.165) is 38.3 Å². The number of nitrogens with two attached hydrogens (primary N) is 1. The number of hydrogen-bond donors (Lipinski definition) is 4. The fourth-order valence-corrected chi connectivity index (χ4v) is 4.43. The molecule has 1 aliphatic rings. The lowest BCUT2D eigenvalue weighted by molar-refractivity contribution is -0.122. The SMILES string of the molecule is CCNC(=O)C(N)N(C(=N)c1cc(C(C)C)c(OC)cc1O)c1ccc(OCCN2CCN(C)CC2)cc1. The van der Waals surface area contributed by atoms with E-state index in [1.807, 2.05) is 13.8 Å². The number of phenolic OH excluding ortho intramolecular Hbond substituents is 1. The van der Waals surface area contributed by atoms with Crippen molar-refractivity contribution in [3.63, 3.8) is 0 Å². The number of phenols is 1. The monoisotopic (exact) mass is 526 g/mol. The molecule has 1 atom stereocenters. The Bertz CT molecular complexity index is 1080. The number of carbonyl (C=O) groups is 1. The highest BCUT2D eigenvalue weighted by atomic mass is 16.5. The number of methoxy groups -OCH3 is 1. The number of anilines is 1. The minimum Gasteiger partial charge on any atom is -0.507 e. The fraction of sp³-hybridized carbons (Fsp3) is 0.500. The number of aromatic hydroxyl groups is 1. The molecule has 2 aromatic rings. The number of nitrogens with one attached hydrogen (secondary N) is 2. The number of rotatable bonds is 11. The zero-order chi connectivity index (χ0) is 27.8. The fourth-order valence-electron chi connectivity index (χ4n) is 4.43. The van der Waals surface area contributed by atoms with Crippen molar-refractivity contribution in [1.29, 1.82) is 5.41 Å². The molecule has 38 heavy (non-hydrogen) atoms. The number of piperazine rings is 1. The van der Waals surface area contributed by atoms with Gasteiger partial charge < -0.3 is 35.4 Å². The highest BCUT2D eigenvalue weighted by Crippen LogP contribution is 2.34. The van der Waals surface area contributed by atoms with Gasteiger partial charge in [0.1, 0.15) is 29.7 Å². The molecule has 10 heteroatoms. The molecule has 5 N–H and O–H groups in total. The Labute approximate surface area is 225 Å². The van der Waals surface area contributed by atoms with Gasteiger partial charge in [-0.1, -0.05) is 13.8 Å². The number of carbonyl (C=O) groups excluding carboxylic acids is 1. The summed E-state index contributed by atoms with van der Waals surface area (Å²) in [6.45, 7) is 11.8. The van der Waals surface area contributed by atoms with E-state index in [0.29, 0.717) is 30.3 Å². The lowest BCUT2D eigenvalue weighted by Crippen LogP contribution is -2.55. The predicted molar refractivity (Wildman–Crippen MR) is 151 cm³/mol. The summed E-state index contributed by atoms with van der Waals surface area (Å²) in [5.74, 6) is 0.650. The van der Waals surface area contributed by atoms with Crippen LogP contribution in [0.5, 0.6) is 17.2 Å². The largest absolute Gasteiger partial charge is 0.507 e. The Kier molecular flexibility index (Phi) is 10.3. The number of nitrogens with zero attached hydrogens (tertiary/aromatic N) is 3. The van der Waals surface area contributed by atoms with Crippen molar-refractivity contribution in [2.45, 2.75) is 32.9 Å². The van der Waals surface area contributed by atoms with Crippen molar-refractivity contribution in [2.75, 3.05) is 64.9 Å². The Balaban J connectivity index is 1.83. The molecule has 1 unspecified atom stereocenters. The number of benzene rings is 2. The molecule has 0 bridgehead atoms. The van der Waals surface area contributed by atoms with Gasteiger partial charge in [0.25, 0.3) is 5.91 Å². The van der Waals surface area contributed by atoms with E-state index < -0.39 is 12.1 Å². The Morgan fingerprint density at radius 2 is 1.84 bits per heavy atom. The summed E-state index contributed by atoms with van der Waals surface area (Å²) in [6, 6.07) is 10.3. The molecular weight excluding hydrogens is 484 g/mol. The van der Waals surface area contributed by atoms with Gasteiger partial charge in [-0.15, -0.1) is 0 Å². The summed E-state index contributed by atoms with van der Waals surface area (Å²) in [5, 5.41) is 22.5. The Morgan fingerprint density at radius 3 is 2.42 bits per heavy atom. The molecule has 1 saturated heterocycles. The van der Waals surface area contributed by atoms with Crippen molar-refractivity contribution in [3.05, 3.63) is 47.5 Å². The van der Waals surface area contributed by atoms with Crippen LogP contribution in [-0.2, 0) is 4.79 Å². The summed E-state index contributed by atoms with van der Waals surface area (Å²) in [4.78, 5) is 18.9. The maximum absolute atomic E-state index is 12.7. The van der Waals surface area contributed by atoms with E-state index in [-0.39, 0.29) is 23.1 Å². The smallest absolute Gasteiger partial charge is 0.257 e. The molecule has 3 rings (SSSR count). The summed E-state index contributed by atoms with van der Waals surface area (Å²) in [7, 11) is 3.67. The normalized spacial score (nSPS) is 15.2. The van der Waals surface area contributed by atoms with Crippen molar-refractivity contribution >= 4 is 17.4 Å². The number of likely N-dealkylation sites (N-methyl/N-ethyl adjacent to an activating group) is 2. The highest BCUT2D eigenvalue weighted by molar-refractivity contribution is 6.12. The zero-order valence-corrected chi connectivity index (χ0v) is 23.2. The first-order valence-corrected chi connectivity index (χ1v) is 13.1. The molecule has 1 amide bonds. The number of ether oxygens (including phenoxy) is 2. The standard InChI is InChI=1S/C28H42N6O4/c1-6-31-28(36)27(30)34(26(29)23-17-22(19(2)3)25(37-5)18-24(23)35)20-7-9-21(10-8-20)38-16-15-33-13-11-32(4)12-14-33/h7-10,17-19,27,29,35H,6,11-16,30H2,1-5H3,(H,31,36). The zero-order valence-electron chi connectivity index (χ0n) is 23.2. The van der Waals surface area contributed by atoms with E-state index in [1.165, 1.54) is 18.1 Å². The average Bonchev–Trinajstić information content (AvgIpc) is 2.90. The van der Waals surface area contributed by atoms with Crippen molar-refractivity contribution in [3.8, 4) is 17.2 Å². The van der Waals surface area contributed by atoms with E-state index in [2.05, 4.69) is 22.2 Å². The molecule has 1 fully saturated rings.